The van der Waals surface area contributed by atoms with Gasteiger partial charge in [0.25, 0.3) is 0 Å². The van der Waals surface area contributed by atoms with Crippen LogP contribution < -0.4 is 10.1 Å². The third-order valence-corrected chi connectivity index (χ3v) is 4.13. The lowest BCUT2D eigenvalue weighted by molar-refractivity contribution is -0.187. The molecule has 1 aromatic rings. The Kier molecular flexibility index (Phi) is 3.97. The van der Waals surface area contributed by atoms with Crippen molar-refractivity contribution in [1.82, 2.24) is 4.90 Å². The van der Waals surface area contributed by atoms with Gasteiger partial charge in [-0.05, 0) is 31.5 Å². The topological polar surface area (TPSA) is 24.5 Å². The highest BCUT2D eigenvalue weighted by molar-refractivity contribution is 5.57. The summed E-state index contributed by atoms with van der Waals surface area (Å²) in [5.74, 6) is -0.423. The van der Waals surface area contributed by atoms with E-state index in [0.29, 0.717) is 26.1 Å². The van der Waals surface area contributed by atoms with Crippen LogP contribution in [0.1, 0.15) is 12.8 Å². The SMILES string of the molecule is FC(F)(F)C1CCCN(CC2CNc3ccccc3O2)C1. The molecule has 2 aliphatic heterocycles. The lowest BCUT2D eigenvalue weighted by Gasteiger charge is -2.37. The summed E-state index contributed by atoms with van der Waals surface area (Å²) < 4.78 is 44.3. The summed E-state index contributed by atoms with van der Waals surface area (Å²) >= 11 is 0. The van der Waals surface area contributed by atoms with Crippen LogP contribution in [0.4, 0.5) is 18.9 Å². The van der Waals surface area contributed by atoms with Crippen LogP contribution in [0, 0.1) is 5.92 Å². The van der Waals surface area contributed by atoms with Gasteiger partial charge in [0.05, 0.1) is 18.2 Å². The molecular formula is C15H19F3N2O. The summed E-state index contributed by atoms with van der Waals surface area (Å²) in [6.45, 7) is 1.97. The summed E-state index contributed by atoms with van der Waals surface area (Å²) in [5.41, 5.74) is 0.945. The van der Waals surface area contributed by atoms with Crippen molar-refractivity contribution >= 4 is 5.69 Å². The number of fused-ring (bicyclic) bond motifs is 1. The first-order valence-corrected chi connectivity index (χ1v) is 7.31. The molecule has 1 saturated heterocycles. The summed E-state index contributed by atoms with van der Waals surface area (Å²) in [7, 11) is 0. The molecular weight excluding hydrogens is 281 g/mol. The molecule has 0 amide bonds. The Hall–Kier alpha value is -1.43. The van der Waals surface area contributed by atoms with Gasteiger partial charge >= 0.3 is 6.18 Å². The molecule has 2 heterocycles. The molecule has 1 aromatic carbocycles. The first-order valence-electron chi connectivity index (χ1n) is 7.31. The van der Waals surface area contributed by atoms with Gasteiger partial charge in [-0.25, -0.2) is 0 Å². The molecule has 0 aromatic heterocycles. The first-order chi connectivity index (χ1) is 10.0. The zero-order valence-electron chi connectivity index (χ0n) is 11.7. The number of rotatable bonds is 2. The largest absolute Gasteiger partial charge is 0.485 e. The molecule has 0 bridgehead atoms. The number of hydrogen-bond donors (Lipinski definition) is 1. The molecule has 3 rings (SSSR count). The summed E-state index contributed by atoms with van der Waals surface area (Å²) in [6.07, 6.45) is -3.35. The monoisotopic (exact) mass is 300 g/mol. The molecule has 6 heteroatoms. The molecule has 0 radical (unpaired) electrons. The average molecular weight is 300 g/mol. The van der Waals surface area contributed by atoms with E-state index in [-0.39, 0.29) is 19.1 Å². The van der Waals surface area contributed by atoms with Gasteiger partial charge in [-0.15, -0.1) is 0 Å². The van der Waals surface area contributed by atoms with Crippen LogP contribution in [0.15, 0.2) is 24.3 Å². The number of piperidine rings is 1. The van der Waals surface area contributed by atoms with E-state index >= 15 is 0 Å². The van der Waals surface area contributed by atoms with Gasteiger partial charge in [-0.1, -0.05) is 12.1 Å². The fraction of sp³-hybridized carbons (Fsp3) is 0.600. The quantitative estimate of drug-likeness (QED) is 0.908. The fourth-order valence-electron chi connectivity index (χ4n) is 3.04. The van der Waals surface area contributed by atoms with E-state index in [0.717, 1.165) is 11.4 Å². The maximum absolute atomic E-state index is 12.8. The molecule has 2 unspecified atom stereocenters. The van der Waals surface area contributed by atoms with Gasteiger partial charge in [-0.2, -0.15) is 13.2 Å². The predicted molar refractivity (Wildman–Crippen MR) is 74.6 cm³/mol. The Morgan fingerprint density at radius 2 is 2.10 bits per heavy atom. The van der Waals surface area contributed by atoms with E-state index in [1.807, 2.05) is 29.2 Å². The van der Waals surface area contributed by atoms with E-state index in [1.165, 1.54) is 0 Å². The van der Waals surface area contributed by atoms with Gasteiger partial charge < -0.3 is 10.1 Å². The lowest BCUT2D eigenvalue weighted by atomic mass is 9.97. The van der Waals surface area contributed by atoms with Crippen LogP contribution in [0.25, 0.3) is 0 Å². The second-order valence-corrected chi connectivity index (χ2v) is 5.76. The summed E-state index contributed by atoms with van der Waals surface area (Å²) in [4.78, 5) is 1.88. The minimum atomic E-state index is -4.09. The number of para-hydroxylation sites is 2. The van der Waals surface area contributed by atoms with Crippen molar-refractivity contribution in [2.45, 2.75) is 25.1 Å². The third kappa shape index (κ3) is 3.43. The number of likely N-dealkylation sites (tertiary alicyclic amines) is 1. The Morgan fingerprint density at radius 1 is 1.29 bits per heavy atom. The Morgan fingerprint density at radius 3 is 2.90 bits per heavy atom. The van der Waals surface area contributed by atoms with Crippen molar-refractivity contribution in [1.29, 1.82) is 0 Å². The maximum Gasteiger partial charge on any atom is 0.393 e. The van der Waals surface area contributed by atoms with Gasteiger partial charge in [0.15, 0.2) is 0 Å². The first kappa shape index (κ1) is 14.5. The van der Waals surface area contributed by atoms with Crippen LogP contribution in [0.3, 0.4) is 0 Å². The number of ether oxygens (including phenoxy) is 1. The predicted octanol–water partition coefficient (Wildman–Crippen LogP) is 3.13. The molecule has 21 heavy (non-hydrogen) atoms. The zero-order chi connectivity index (χ0) is 14.9. The summed E-state index contributed by atoms with van der Waals surface area (Å²) in [6, 6.07) is 7.63. The number of nitrogens with one attached hydrogen (secondary N) is 1. The Bertz CT molecular complexity index is 492. The van der Waals surface area contributed by atoms with Gasteiger partial charge in [0.1, 0.15) is 11.9 Å². The highest BCUT2D eigenvalue weighted by Gasteiger charge is 2.42. The molecule has 0 spiro atoms. The molecule has 3 nitrogen and oxygen atoms in total. The number of halogens is 3. The minimum absolute atomic E-state index is 0.0883. The Balaban J connectivity index is 1.58. The second-order valence-electron chi connectivity index (χ2n) is 5.76. The normalized spacial score (nSPS) is 26.6. The molecule has 0 saturated carbocycles. The zero-order valence-corrected chi connectivity index (χ0v) is 11.7. The van der Waals surface area contributed by atoms with Crippen molar-refractivity contribution in [3.8, 4) is 5.75 Å². The van der Waals surface area contributed by atoms with Crippen LogP contribution >= 0.6 is 0 Å². The minimum Gasteiger partial charge on any atom is -0.485 e. The molecule has 116 valence electrons. The maximum atomic E-state index is 12.8. The van der Waals surface area contributed by atoms with Gasteiger partial charge in [0, 0.05) is 13.1 Å². The van der Waals surface area contributed by atoms with E-state index in [1.54, 1.807) is 0 Å². The smallest absolute Gasteiger partial charge is 0.393 e. The van der Waals surface area contributed by atoms with Crippen molar-refractivity contribution in [3.05, 3.63) is 24.3 Å². The third-order valence-electron chi connectivity index (χ3n) is 4.13. The van der Waals surface area contributed by atoms with Crippen molar-refractivity contribution in [2.75, 3.05) is 31.5 Å². The molecule has 1 fully saturated rings. The van der Waals surface area contributed by atoms with Crippen molar-refractivity contribution in [2.24, 2.45) is 5.92 Å². The molecule has 0 aliphatic carbocycles. The lowest BCUT2D eigenvalue weighted by Crippen LogP contribution is -2.47. The van der Waals surface area contributed by atoms with Gasteiger partial charge in [0.2, 0.25) is 0 Å². The van der Waals surface area contributed by atoms with E-state index in [4.69, 9.17) is 4.74 Å². The molecule has 2 aliphatic rings. The van der Waals surface area contributed by atoms with Crippen LogP contribution in [0.5, 0.6) is 5.75 Å². The van der Waals surface area contributed by atoms with Crippen molar-refractivity contribution < 1.29 is 17.9 Å². The number of alkyl halides is 3. The summed E-state index contributed by atoms with van der Waals surface area (Å²) in [5, 5.41) is 3.27. The highest BCUT2D eigenvalue weighted by atomic mass is 19.4. The molecule has 2 atom stereocenters. The number of hydrogen-bond acceptors (Lipinski definition) is 3. The van der Waals surface area contributed by atoms with Crippen LogP contribution in [-0.2, 0) is 0 Å². The van der Waals surface area contributed by atoms with Gasteiger partial charge in [-0.3, -0.25) is 4.90 Å². The van der Waals surface area contributed by atoms with Crippen LogP contribution in [0.2, 0.25) is 0 Å². The number of benzene rings is 1. The van der Waals surface area contributed by atoms with Crippen LogP contribution in [-0.4, -0.2) is 43.4 Å². The van der Waals surface area contributed by atoms with E-state index < -0.39 is 12.1 Å². The van der Waals surface area contributed by atoms with Crippen molar-refractivity contribution in [3.63, 3.8) is 0 Å². The molecule has 1 N–H and O–H groups in total. The standard InChI is InChI=1S/C15H19F3N2O/c16-15(17,18)11-4-3-7-20(9-11)10-12-8-19-13-5-1-2-6-14(13)21-12/h1-2,5-6,11-12,19H,3-4,7-10H2. The second kappa shape index (κ2) is 5.75. The number of anilines is 1. The Labute approximate surface area is 122 Å². The van der Waals surface area contributed by atoms with E-state index in [2.05, 4.69) is 5.32 Å². The number of nitrogens with zero attached hydrogens (tertiary/aromatic N) is 1. The average Bonchev–Trinajstić information content (AvgIpc) is 2.46. The fourth-order valence-corrected chi connectivity index (χ4v) is 3.04. The highest BCUT2D eigenvalue weighted by Crippen LogP contribution is 2.34. The van der Waals surface area contributed by atoms with E-state index in [9.17, 15) is 13.2 Å².